The lowest BCUT2D eigenvalue weighted by Crippen LogP contribution is -2.26. The maximum atomic E-state index is 12.3. The SMILES string of the molecule is CC(NC(=O)c1cccc(I)c1)c1ccc(-n2ccnc2)cc1. The lowest BCUT2D eigenvalue weighted by molar-refractivity contribution is 0.0940. The first-order chi connectivity index (χ1) is 11.1. The van der Waals surface area contributed by atoms with Crippen molar-refractivity contribution in [1.29, 1.82) is 0 Å². The Morgan fingerprint density at radius 1 is 1.22 bits per heavy atom. The molecule has 2 aromatic carbocycles. The summed E-state index contributed by atoms with van der Waals surface area (Å²) < 4.78 is 2.99. The number of hydrogen-bond acceptors (Lipinski definition) is 2. The lowest BCUT2D eigenvalue weighted by atomic mass is 10.1. The van der Waals surface area contributed by atoms with Crippen LogP contribution in [0.15, 0.2) is 67.3 Å². The molecule has 3 aromatic rings. The van der Waals surface area contributed by atoms with Crippen molar-refractivity contribution in [2.75, 3.05) is 0 Å². The van der Waals surface area contributed by atoms with E-state index in [0.717, 1.165) is 14.8 Å². The smallest absolute Gasteiger partial charge is 0.251 e. The van der Waals surface area contributed by atoms with Crippen LogP contribution < -0.4 is 5.32 Å². The number of carbonyl (C=O) groups is 1. The minimum absolute atomic E-state index is 0.0581. The van der Waals surface area contributed by atoms with Crippen LogP contribution in [-0.4, -0.2) is 15.5 Å². The second kappa shape index (κ2) is 6.95. The molecule has 1 unspecified atom stereocenters. The molecule has 0 spiro atoms. The first kappa shape index (κ1) is 15.7. The Kier molecular flexibility index (Phi) is 4.76. The number of hydrogen-bond donors (Lipinski definition) is 1. The largest absolute Gasteiger partial charge is 0.346 e. The molecule has 0 radical (unpaired) electrons. The van der Waals surface area contributed by atoms with E-state index in [1.165, 1.54) is 0 Å². The van der Waals surface area contributed by atoms with Gasteiger partial charge in [-0.2, -0.15) is 0 Å². The van der Waals surface area contributed by atoms with Gasteiger partial charge in [0.15, 0.2) is 0 Å². The molecule has 0 saturated carbocycles. The number of benzene rings is 2. The van der Waals surface area contributed by atoms with Crippen molar-refractivity contribution in [1.82, 2.24) is 14.9 Å². The molecule has 0 fully saturated rings. The number of carbonyl (C=O) groups excluding carboxylic acids is 1. The Hall–Kier alpha value is -2.15. The molecule has 1 N–H and O–H groups in total. The van der Waals surface area contributed by atoms with E-state index < -0.39 is 0 Å². The number of imidazole rings is 1. The van der Waals surface area contributed by atoms with Gasteiger partial charge in [-0.1, -0.05) is 18.2 Å². The van der Waals surface area contributed by atoms with E-state index in [1.54, 1.807) is 12.5 Å². The van der Waals surface area contributed by atoms with Crippen LogP contribution >= 0.6 is 22.6 Å². The van der Waals surface area contributed by atoms with E-state index in [4.69, 9.17) is 0 Å². The zero-order valence-electron chi connectivity index (χ0n) is 12.6. The molecule has 4 nitrogen and oxygen atoms in total. The first-order valence-electron chi connectivity index (χ1n) is 7.28. The van der Waals surface area contributed by atoms with E-state index >= 15 is 0 Å². The Morgan fingerprint density at radius 3 is 2.65 bits per heavy atom. The Labute approximate surface area is 148 Å². The fourth-order valence-electron chi connectivity index (χ4n) is 2.34. The van der Waals surface area contributed by atoms with E-state index in [0.29, 0.717) is 5.56 Å². The van der Waals surface area contributed by atoms with Gasteiger partial charge in [0, 0.05) is 27.2 Å². The van der Waals surface area contributed by atoms with Gasteiger partial charge in [0.25, 0.3) is 5.91 Å². The molecule has 3 rings (SSSR count). The number of aromatic nitrogens is 2. The summed E-state index contributed by atoms with van der Waals surface area (Å²) in [5.41, 5.74) is 2.79. The summed E-state index contributed by atoms with van der Waals surface area (Å²) in [6.07, 6.45) is 5.41. The highest BCUT2D eigenvalue weighted by Crippen LogP contribution is 2.17. The summed E-state index contributed by atoms with van der Waals surface area (Å²) >= 11 is 2.21. The van der Waals surface area contributed by atoms with Crippen molar-refractivity contribution in [2.24, 2.45) is 0 Å². The molecule has 1 aromatic heterocycles. The molecule has 1 atom stereocenters. The molecular weight excluding hydrogens is 401 g/mol. The third kappa shape index (κ3) is 3.79. The Balaban J connectivity index is 1.70. The van der Waals surface area contributed by atoms with E-state index in [9.17, 15) is 4.79 Å². The topological polar surface area (TPSA) is 46.9 Å². The van der Waals surface area contributed by atoms with Gasteiger partial charge in [-0.15, -0.1) is 0 Å². The fraction of sp³-hybridized carbons (Fsp3) is 0.111. The zero-order chi connectivity index (χ0) is 16.2. The van der Waals surface area contributed by atoms with Gasteiger partial charge < -0.3 is 9.88 Å². The van der Waals surface area contributed by atoms with Crippen LogP contribution in [0.5, 0.6) is 0 Å². The summed E-state index contributed by atoms with van der Waals surface area (Å²) in [5.74, 6) is -0.0605. The van der Waals surface area contributed by atoms with Gasteiger partial charge in [0.05, 0.1) is 12.4 Å². The van der Waals surface area contributed by atoms with Crippen molar-refractivity contribution in [3.05, 3.63) is 81.9 Å². The molecule has 5 heteroatoms. The van der Waals surface area contributed by atoms with Gasteiger partial charge in [0.1, 0.15) is 0 Å². The number of nitrogens with one attached hydrogen (secondary N) is 1. The first-order valence-corrected chi connectivity index (χ1v) is 8.36. The van der Waals surface area contributed by atoms with Crippen molar-refractivity contribution < 1.29 is 4.79 Å². The van der Waals surface area contributed by atoms with Gasteiger partial charge in [0.2, 0.25) is 0 Å². The molecule has 0 aliphatic rings. The van der Waals surface area contributed by atoms with Crippen LogP contribution in [-0.2, 0) is 0 Å². The van der Waals surface area contributed by atoms with Crippen LogP contribution in [0.25, 0.3) is 5.69 Å². The van der Waals surface area contributed by atoms with E-state index in [-0.39, 0.29) is 11.9 Å². The highest BCUT2D eigenvalue weighted by molar-refractivity contribution is 14.1. The molecule has 0 saturated heterocycles. The van der Waals surface area contributed by atoms with Crippen molar-refractivity contribution in [2.45, 2.75) is 13.0 Å². The van der Waals surface area contributed by atoms with Crippen molar-refractivity contribution >= 4 is 28.5 Å². The standard InChI is InChI=1S/C18H16IN3O/c1-13(21-18(23)15-3-2-4-16(19)11-15)14-5-7-17(8-6-14)22-10-9-20-12-22/h2-13H,1H3,(H,21,23). The summed E-state index contributed by atoms with van der Waals surface area (Å²) in [6, 6.07) is 15.6. The number of nitrogens with zero attached hydrogens (tertiary/aromatic N) is 2. The average molecular weight is 417 g/mol. The average Bonchev–Trinajstić information content (AvgIpc) is 3.09. The maximum Gasteiger partial charge on any atom is 0.251 e. The zero-order valence-corrected chi connectivity index (χ0v) is 14.8. The van der Waals surface area contributed by atoms with E-state index in [2.05, 4.69) is 32.9 Å². The quantitative estimate of drug-likeness (QED) is 0.654. The monoisotopic (exact) mass is 417 g/mol. The lowest BCUT2D eigenvalue weighted by Gasteiger charge is -2.15. The van der Waals surface area contributed by atoms with Crippen LogP contribution in [0.3, 0.4) is 0 Å². The molecule has 0 bridgehead atoms. The Bertz CT molecular complexity index is 797. The van der Waals surface area contributed by atoms with Crippen molar-refractivity contribution in [3.63, 3.8) is 0 Å². The second-order valence-corrected chi connectivity index (χ2v) is 6.51. The van der Waals surface area contributed by atoms with Gasteiger partial charge in [-0.05, 0) is 65.4 Å². The Morgan fingerprint density at radius 2 is 2.00 bits per heavy atom. The molecule has 1 heterocycles. The minimum Gasteiger partial charge on any atom is -0.346 e. The summed E-state index contributed by atoms with van der Waals surface area (Å²) in [6.45, 7) is 1.98. The number of rotatable bonds is 4. The minimum atomic E-state index is -0.0605. The fourth-order valence-corrected chi connectivity index (χ4v) is 2.88. The number of amides is 1. The summed E-state index contributed by atoms with van der Waals surface area (Å²) in [4.78, 5) is 16.3. The highest BCUT2D eigenvalue weighted by Gasteiger charge is 2.11. The second-order valence-electron chi connectivity index (χ2n) is 5.27. The summed E-state index contributed by atoms with van der Waals surface area (Å²) in [7, 11) is 0. The normalized spacial score (nSPS) is 11.9. The highest BCUT2D eigenvalue weighted by atomic mass is 127. The van der Waals surface area contributed by atoms with Gasteiger partial charge in [-0.25, -0.2) is 4.98 Å². The molecule has 0 aliphatic carbocycles. The van der Waals surface area contributed by atoms with Gasteiger partial charge >= 0.3 is 0 Å². The third-order valence-corrected chi connectivity index (χ3v) is 4.30. The third-order valence-electron chi connectivity index (χ3n) is 3.63. The molecule has 23 heavy (non-hydrogen) atoms. The molecule has 1 amide bonds. The maximum absolute atomic E-state index is 12.3. The van der Waals surface area contributed by atoms with Gasteiger partial charge in [-0.3, -0.25) is 4.79 Å². The summed E-state index contributed by atoms with van der Waals surface area (Å²) in [5, 5.41) is 3.03. The molecule has 116 valence electrons. The number of halogens is 1. The van der Waals surface area contributed by atoms with Crippen LogP contribution in [0, 0.1) is 3.57 Å². The predicted octanol–water partition coefficient (Wildman–Crippen LogP) is 3.97. The predicted molar refractivity (Wildman–Crippen MR) is 98.6 cm³/mol. The molecule has 0 aliphatic heterocycles. The van der Waals surface area contributed by atoms with Crippen LogP contribution in [0.4, 0.5) is 0 Å². The van der Waals surface area contributed by atoms with Crippen LogP contribution in [0.2, 0.25) is 0 Å². The van der Waals surface area contributed by atoms with E-state index in [1.807, 2.05) is 66.2 Å². The molecular formula is C18H16IN3O. The van der Waals surface area contributed by atoms with Crippen molar-refractivity contribution in [3.8, 4) is 5.69 Å². The van der Waals surface area contributed by atoms with Crippen LogP contribution in [0.1, 0.15) is 28.9 Å².